The van der Waals surface area contributed by atoms with Crippen LogP contribution in [-0.4, -0.2) is 18.7 Å². The predicted octanol–water partition coefficient (Wildman–Crippen LogP) is 21.6. The van der Waals surface area contributed by atoms with Crippen molar-refractivity contribution in [3.63, 3.8) is 0 Å². The molecule has 4 aromatic heterocycles. The Morgan fingerprint density at radius 2 is 1.06 bits per heavy atom. The van der Waals surface area contributed by atoms with Crippen LogP contribution in [0.15, 0.2) is 212 Å². The molecule has 0 saturated carbocycles. The number of fused-ring (bicyclic) bond motifs is 14. The van der Waals surface area contributed by atoms with Gasteiger partial charge >= 0.3 is 0 Å². The lowest BCUT2D eigenvalue weighted by molar-refractivity contribution is -0.572. The van der Waals surface area contributed by atoms with E-state index in [9.17, 15) is 0 Å². The average molecular weight is 1180 g/mol. The molecule has 10 aromatic carbocycles. The number of benzene rings is 10. The predicted molar refractivity (Wildman–Crippen MR) is 374 cm³/mol. The normalized spacial score (nSPS) is 15.6. The Bertz CT molecular complexity index is 5500. The number of nitrogens with zero attached hydrogens (tertiary/aromatic N) is 5. The number of para-hydroxylation sites is 3. The molecule has 90 heavy (non-hydrogen) atoms. The molecule has 0 spiro atoms. The van der Waals surface area contributed by atoms with Gasteiger partial charge in [-0.2, -0.15) is 0 Å². The molecule has 0 radical (unpaired) electrons. The fraction of sp³-hybridized carbons (Fsp3) is 0.214. The topological polar surface area (TPSA) is 40.8 Å². The molecular weight excluding hydrogens is 1090 g/mol. The van der Waals surface area contributed by atoms with Crippen LogP contribution in [0.2, 0.25) is 0 Å². The smallest absolute Gasteiger partial charge is 0.269 e. The first-order valence-corrected chi connectivity index (χ1v) is 31.6. The molecule has 5 heterocycles. The molecule has 0 saturated heterocycles. The molecular formula is C84H75N5O. The van der Waals surface area contributed by atoms with Gasteiger partial charge in [0.1, 0.15) is 17.3 Å². The number of hydrogen-bond donors (Lipinski definition) is 0. The molecule has 0 bridgehead atoms. The van der Waals surface area contributed by atoms with Crippen LogP contribution in [0.5, 0.6) is 11.5 Å². The second kappa shape index (κ2) is 19.9. The van der Waals surface area contributed by atoms with Gasteiger partial charge in [-0.05, 0) is 211 Å². The van der Waals surface area contributed by atoms with Crippen LogP contribution in [0, 0.1) is 20.0 Å². The van der Waals surface area contributed by atoms with Crippen LogP contribution in [0.25, 0.3) is 122 Å². The Balaban J connectivity index is 1.02. The molecule has 0 atom stereocenters. The van der Waals surface area contributed by atoms with Crippen molar-refractivity contribution in [2.24, 2.45) is 0 Å². The number of hydrogen-bond acceptors (Lipinski definition) is 2. The third-order valence-corrected chi connectivity index (χ3v) is 19.7. The standard InChI is InChI=1S/C84H75N5O/c1-51-23-21-24-52(2)78(51)53-41-67-66-49-70-69(83(9,10)38-39-84(70,11)12)48-65(66)59-27-13-14-28-60(59)68-45-56(88-72-32-18-15-29-61(72)62-30-16-19-33-73(62)88)46-76-80(68)87(79(67)71(42-53)82(6,7)8)50-86(76)55-25-22-26-57(44-55)90-58-35-36-64-63-31-17-20-34-74(63)89(75(64)47-58)77-43-54(37-40-85-77)81(3,4)5/h13-37,40-49H,38-39H2,1-12H3/i1D3,2D3. The lowest BCUT2D eigenvalue weighted by Gasteiger charge is -2.42. The Morgan fingerprint density at radius 1 is 0.478 bits per heavy atom. The molecule has 6 heteroatoms. The van der Waals surface area contributed by atoms with Crippen molar-refractivity contribution in [3.8, 4) is 78.9 Å². The van der Waals surface area contributed by atoms with Gasteiger partial charge in [0.05, 0.1) is 44.5 Å². The third-order valence-electron chi connectivity index (χ3n) is 19.7. The van der Waals surface area contributed by atoms with Gasteiger partial charge in [-0.25, -0.2) is 4.98 Å². The monoisotopic (exact) mass is 1180 g/mol. The second-order valence-electron chi connectivity index (χ2n) is 28.4. The summed E-state index contributed by atoms with van der Waals surface area (Å²) in [6.45, 7) is 17.4. The summed E-state index contributed by atoms with van der Waals surface area (Å²) in [5.41, 5.74) is 18.6. The summed E-state index contributed by atoms with van der Waals surface area (Å²) in [7, 11) is 0. The zero-order valence-electron chi connectivity index (χ0n) is 58.8. The summed E-state index contributed by atoms with van der Waals surface area (Å²) in [4.78, 5) is 4.97. The van der Waals surface area contributed by atoms with Gasteiger partial charge < -0.3 is 9.30 Å². The van der Waals surface area contributed by atoms with Crippen LogP contribution in [0.1, 0.15) is 124 Å². The Morgan fingerprint density at radius 3 is 1.69 bits per heavy atom. The Hall–Kier alpha value is -9.78. The molecule has 442 valence electrons. The van der Waals surface area contributed by atoms with Gasteiger partial charge in [0.25, 0.3) is 6.33 Å². The van der Waals surface area contributed by atoms with E-state index in [2.05, 4.69) is 264 Å². The van der Waals surface area contributed by atoms with E-state index in [4.69, 9.17) is 17.9 Å². The minimum atomic E-state index is -2.65. The minimum absolute atomic E-state index is 0.0131. The van der Waals surface area contributed by atoms with Crippen LogP contribution in [0.4, 0.5) is 0 Å². The first-order valence-electron chi connectivity index (χ1n) is 34.6. The molecule has 14 aromatic rings. The molecule has 2 aliphatic rings. The van der Waals surface area contributed by atoms with E-state index >= 15 is 0 Å². The average Bonchev–Trinajstić information content (AvgIpc) is 1.62. The molecule has 1 aliphatic carbocycles. The number of imidazole rings is 1. The highest BCUT2D eigenvalue weighted by molar-refractivity contribution is 6.11. The van der Waals surface area contributed by atoms with E-state index in [0.717, 1.165) is 129 Å². The minimum Gasteiger partial charge on any atom is -0.458 e. The SMILES string of the molecule is [2H]C([2H])([2H])c1cccc(C([2H])([2H])[2H])c1-c1cc2c(c(C(C)(C)C)c1)-[n+]1[c-]n(-c3cccc(Oc4ccc5c6ccccc6n(-c6cc(C(C)(C)C)ccn6)c5c4)c3)c3cc(-n4c5ccccc5c5ccccc54)cc(c31)-c1ccccc1-c1cc3c(cc1-2)C(C)(C)CCC3(C)C. The number of pyridine rings is 1. The van der Waals surface area contributed by atoms with Gasteiger partial charge in [0.15, 0.2) is 0 Å². The highest BCUT2D eigenvalue weighted by atomic mass is 16.5. The number of aromatic nitrogens is 5. The van der Waals surface area contributed by atoms with Crippen molar-refractivity contribution in [3.05, 3.63) is 252 Å². The summed E-state index contributed by atoms with van der Waals surface area (Å²) in [6.07, 6.45) is 7.98. The van der Waals surface area contributed by atoms with E-state index in [1.54, 1.807) is 18.2 Å². The van der Waals surface area contributed by atoms with Crippen molar-refractivity contribution in [1.82, 2.24) is 18.7 Å². The van der Waals surface area contributed by atoms with Crippen LogP contribution in [0.3, 0.4) is 0 Å². The molecule has 0 N–H and O–H groups in total. The maximum atomic E-state index is 9.02. The number of aryl methyl sites for hydroxylation is 2. The Labute approximate surface area is 536 Å². The maximum Gasteiger partial charge on any atom is 0.269 e. The van der Waals surface area contributed by atoms with E-state index in [1.807, 2.05) is 24.4 Å². The van der Waals surface area contributed by atoms with E-state index in [1.165, 1.54) is 16.7 Å². The van der Waals surface area contributed by atoms with Crippen molar-refractivity contribution >= 4 is 54.6 Å². The molecule has 1 aliphatic heterocycles. The molecule has 0 amide bonds. The summed E-state index contributed by atoms with van der Waals surface area (Å²) in [6, 6.07) is 71.7. The molecule has 0 fully saturated rings. The summed E-state index contributed by atoms with van der Waals surface area (Å²) < 4.78 is 70.3. The highest BCUT2D eigenvalue weighted by Gasteiger charge is 2.40. The quantitative estimate of drug-likeness (QED) is 0.123. The summed E-state index contributed by atoms with van der Waals surface area (Å²) >= 11 is 0. The van der Waals surface area contributed by atoms with Crippen LogP contribution >= 0.6 is 0 Å². The Kier molecular flexibility index (Phi) is 10.8. The highest BCUT2D eigenvalue weighted by Crippen LogP contribution is 2.54. The lowest BCUT2D eigenvalue weighted by atomic mass is 9.62. The van der Waals surface area contributed by atoms with Crippen molar-refractivity contribution in [2.75, 3.05) is 0 Å². The molecule has 0 unspecified atom stereocenters. The van der Waals surface area contributed by atoms with Gasteiger partial charge in [-0.3, -0.25) is 13.7 Å². The molecule has 16 rings (SSSR count). The zero-order valence-corrected chi connectivity index (χ0v) is 52.8. The van der Waals surface area contributed by atoms with Gasteiger partial charge in [0.2, 0.25) is 0 Å². The fourth-order valence-electron chi connectivity index (χ4n) is 14.9. The maximum absolute atomic E-state index is 9.02. The van der Waals surface area contributed by atoms with Crippen LogP contribution in [-0.2, 0) is 21.7 Å². The van der Waals surface area contributed by atoms with Gasteiger partial charge in [-0.1, -0.05) is 184 Å². The zero-order chi connectivity index (χ0) is 66.9. The van der Waals surface area contributed by atoms with E-state index in [0.29, 0.717) is 17.1 Å². The second-order valence-corrected chi connectivity index (χ2v) is 28.4. The first-order chi connectivity index (χ1) is 45.6. The fourth-order valence-corrected chi connectivity index (χ4v) is 14.9. The lowest BCUT2D eigenvalue weighted by Crippen LogP contribution is -2.35. The van der Waals surface area contributed by atoms with E-state index in [-0.39, 0.29) is 32.9 Å². The number of ether oxygens (including phenoxy) is 1. The summed E-state index contributed by atoms with van der Waals surface area (Å²) in [5.74, 6) is 2.12. The van der Waals surface area contributed by atoms with Crippen molar-refractivity contribution < 1.29 is 17.5 Å². The van der Waals surface area contributed by atoms with Crippen molar-refractivity contribution in [2.45, 2.75) is 117 Å². The summed E-state index contributed by atoms with van der Waals surface area (Å²) in [5, 5.41) is 4.51. The largest absolute Gasteiger partial charge is 0.458 e. The van der Waals surface area contributed by atoms with Gasteiger partial charge in [-0.15, -0.1) is 0 Å². The van der Waals surface area contributed by atoms with Crippen molar-refractivity contribution in [1.29, 1.82) is 0 Å². The number of rotatable bonds is 6. The van der Waals surface area contributed by atoms with E-state index < -0.39 is 19.1 Å². The van der Waals surface area contributed by atoms with Gasteiger partial charge in [0, 0.05) is 47.7 Å². The van der Waals surface area contributed by atoms with Crippen LogP contribution < -0.4 is 9.30 Å². The molecule has 6 nitrogen and oxygen atoms in total. The first kappa shape index (κ1) is 49.1. The third kappa shape index (κ3) is 8.65.